The Hall–Kier alpha value is -6.11. The van der Waals surface area contributed by atoms with Crippen LogP contribution in [0.15, 0.2) is 115 Å². The van der Waals surface area contributed by atoms with Gasteiger partial charge in [-0.05, 0) is 83.2 Å². The number of aromatic nitrogens is 1. The lowest BCUT2D eigenvalue weighted by Crippen LogP contribution is -2.55. The monoisotopic (exact) mass is 939 g/mol. The van der Waals surface area contributed by atoms with E-state index in [9.17, 15) is 24.3 Å². The van der Waals surface area contributed by atoms with E-state index in [1.165, 1.54) is 27.2 Å². The molecule has 1 aliphatic heterocycles. The Bertz CT molecular complexity index is 2420. The first kappa shape index (κ1) is 51.3. The van der Waals surface area contributed by atoms with Crippen molar-refractivity contribution in [2.45, 2.75) is 117 Å². The number of β-amino-alcohol motifs (C(OH)–C–C–N with tert-alkyl or cyclic N) is 1. The highest BCUT2D eigenvalue weighted by atomic mass is 32.1. The van der Waals surface area contributed by atoms with E-state index in [0.29, 0.717) is 32.4 Å². The van der Waals surface area contributed by atoms with Crippen molar-refractivity contribution in [3.8, 4) is 16.2 Å². The molecule has 1 saturated heterocycles. The third-order valence-corrected chi connectivity index (χ3v) is 13.7. The van der Waals surface area contributed by atoms with E-state index in [1.54, 1.807) is 16.2 Å². The molecule has 5 aromatic rings. The normalized spacial score (nSPS) is 15.4. The number of nitrogens with one attached hydrogen (secondary N) is 2. The average molecular weight is 940 g/mol. The van der Waals surface area contributed by atoms with E-state index < -0.39 is 18.2 Å². The smallest absolute Gasteiger partial charge is 0.246 e. The van der Waals surface area contributed by atoms with Gasteiger partial charge < -0.3 is 30.3 Å². The molecular weight excluding hydrogens is 871 g/mol. The molecule has 2 heterocycles. The van der Waals surface area contributed by atoms with Gasteiger partial charge in [-0.25, -0.2) is 4.98 Å². The van der Waals surface area contributed by atoms with Crippen LogP contribution in [0.4, 0.5) is 0 Å². The Labute approximate surface area is 407 Å². The number of hydrogen-bond donors (Lipinski definition) is 3. The van der Waals surface area contributed by atoms with Crippen LogP contribution in [0.5, 0.6) is 5.75 Å². The fourth-order valence-corrected chi connectivity index (χ4v) is 9.60. The molecule has 0 bridgehead atoms. The summed E-state index contributed by atoms with van der Waals surface area (Å²) in [6.45, 7) is 9.13. The summed E-state index contributed by atoms with van der Waals surface area (Å²) >= 11 is 1.58. The number of aliphatic hydroxyl groups is 1. The summed E-state index contributed by atoms with van der Waals surface area (Å²) in [6.07, 6.45) is 6.17. The summed E-state index contributed by atoms with van der Waals surface area (Å²) in [7, 11) is 1.82. The maximum atomic E-state index is 13.8. The van der Waals surface area contributed by atoms with E-state index in [4.69, 9.17) is 4.74 Å². The predicted molar refractivity (Wildman–Crippen MR) is 273 cm³/mol. The first-order chi connectivity index (χ1) is 32.9. The minimum atomic E-state index is -0.827. The van der Waals surface area contributed by atoms with E-state index in [1.807, 2.05) is 81.9 Å². The van der Waals surface area contributed by atoms with E-state index >= 15 is 0 Å². The SMILES string of the molecule is CC/C(=C(\c1ccccc1)c1ccc(OCCN(C)C(=O)CCCCCCCCC(=O)N[C@H](C(=O)N2C[C@H](O)C[C@H]2C(=O)NCc2ccc(-c3scnc3C)cc2)C(C)C)cc1)c1ccccc1. The number of carbonyl (C=O) groups excluding carboxylic acids is 4. The number of ether oxygens (including phenoxy) is 1. The molecule has 68 heavy (non-hydrogen) atoms. The number of rotatable bonds is 24. The Morgan fingerprint density at radius 3 is 2.06 bits per heavy atom. The van der Waals surface area contributed by atoms with Gasteiger partial charge in [-0.1, -0.05) is 144 Å². The molecule has 3 N–H and O–H groups in total. The maximum absolute atomic E-state index is 13.8. The number of thiazole rings is 1. The second-order valence-corrected chi connectivity index (χ2v) is 19.0. The van der Waals surface area contributed by atoms with Crippen molar-refractivity contribution in [1.82, 2.24) is 25.4 Å². The van der Waals surface area contributed by atoms with Gasteiger partial charge in [0, 0.05) is 39.4 Å². The first-order valence-corrected chi connectivity index (χ1v) is 25.2. The van der Waals surface area contributed by atoms with Crippen molar-refractivity contribution in [3.05, 3.63) is 143 Å². The van der Waals surface area contributed by atoms with Gasteiger partial charge in [0.25, 0.3) is 0 Å². The number of nitrogens with zero attached hydrogens (tertiary/aromatic N) is 3. The minimum absolute atomic E-state index is 0.0373. The first-order valence-electron chi connectivity index (χ1n) is 24.3. The second-order valence-electron chi connectivity index (χ2n) is 18.1. The van der Waals surface area contributed by atoms with E-state index in [-0.39, 0.29) is 49.1 Å². The average Bonchev–Trinajstić information content (AvgIpc) is 3.98. The minimum Gasteiger partial charge on any atom is -0.492 e. The summed E-state index contributed by atoms with van der Waals surface area (Å²) in [5, 5.41) is 16.4. The summed E-state index contributed by atoms with van der Waals surface area (Å²) in [5.41, 5.74) is 10.8. The molecule has 0 unspecified atom stereocenters. The van der Waals surface area contributed by atoms with Gasteiger partial charge in [0.05, 0.1) is 28.7 Å². The summed E-state index contributed by atoms with van der Waals surface area (Å²) in [6, 6.07) is 35.6. The molecule has 1 aromatic heterocycles. The predicted octanol–water partition coefficient (Wildman–Crippen LogP) is 9.86. The number of carbonyl (C=O) groups is 4. The molecule has 1 aliphatic rings. The standard InChI is InChI=1S/C56H69N5O6S/c1-6-48(42-19-13-11-14-20-42)52(43-21-15-12-16-22-43)44-29-31-47(32-30-44)67-34-33-60(5)51(64)24-18-10-8-7-9-17-23-50(63)59-53(39(2)3)56(66)61-37-46(62)35-49(61)55(65)57-36-41-25-27-45(28-26-41)54-40(4)58-38-68-54/h11-16,19-22,25-32,38-39,46,49,53,62H,6-10,17-18,23-24,33-37H2,1-5H3,(H,57,65)(H,59,63)/b52-48-/t46-,49+,53+/m1/s1. The zero-order valence-electron chi connectivity index (χ0n) is 40.4. The molecule has 4 amide bonds. The third-order valence-electron chi connectivity index (χ3n) is 12.7. The molecule has 0 aliphatic carbocycles. The molecule has 12 heteroatoms. The lowest BCUT2D eigenvalue weighted by Gasteiger charge is -2.30. The van der Waals surface area contributed by atoms with Crippen LogP contribution in [-0.2, 0) is 25.7 Å². The highest BCUT2D eigenvalue weighted by Gasteiger charge is 2.42. The molecule has 11 nitrogen and oxygen atoms in total. The summed E-state index contributed by atoms with van der Waals surface area (Å²) in [5.74, 6) is -0.245. The number of amides is 4. The molecule has 360 valence electrons. The van der Waals surface area contributed by atoms with Gasteiger partial charge in [-0.3, -0.25) is 19.2 Å². The van der Waals surface area contributed by atoms with Gasteiger partial charge in [-0.2, -0.15) is 0 Å². The van der Waals surface area contributed by atoms with Crippen molar-refractivity contribution in [1.29, 1.82) is 0 Å². The third kappa shape index (κ3) is 14.5. The number of unbranched alkanes of at least 4 members (excludes halogenated alkanes) is 5. The number of hydrogen-bond acceptors (Lipinski definition) is 8. The van der Waals surface area contributed by atoms with Crippen LogP contribution in [-0.4, -0.2) is 88.5 Å². The highest BCUT2D eigenvalue weighted by molar-refractivity contribution is 7.13. The van der Waals surface area contributed by atoms with Gasteiger partial charge in [0.2, 0.25) is 23.6 Å². The molecule has 4 aromatic carbocycles. The lowest BCUT2D eigenvalue weighted by atomic mass is 9.88. The fraction of sp³-hybridized carbons (Fsp3) is 0.411. The maximum Gasteiger partial charge on any atom is 0.246 e. The Morgan fingerprint density at radius 2 is 1.44 bits per heavy atom. The lowest BCUT2D eigenvalue weighted by molar-refractivity contribution is -0.142. The topological polar surface area (TPSA) is 141 Å². The highest BCUT2D eigenvalue weighted by Crippen LogP contribution is 2.35. The molecule has 6 rings (SSSR count). The van der Waals surface area contributed by atoms with Crippen LogP contribution < -0.4 is 15.4 Å². The van der Waals surface area contributed by atoms with Gasteiger partial charge >= 0.3 is 0 Å². The number of likely N-dealkylation sites (tertiary alicyclic amines) is 1. The van der Waals surface area contributed by atoms with Gasteiger partial charge in [-0.15, -0.1) is 11.3 Å². The number of aryl methyl sites for hydroxylation is 1. The van der Waals surface area contributed by atoms with Crippen molar-refractivity contribution in [3.63, 3.8) is 0 Å². The van der Waals surface area contributed by atoms with Crippen molar-refractivity contribution in [2.75, 3.05) is 26.7 Å². The Morgan fingerprint density at radius 1 is 0.824 bits per heavy atom. The molecule has 1 fully saturated rings. The van der Waals surface area contributed by atoms with Crippen LogP contribution >= 0.6 is 11.3 Å². The Balaban J connectivity index is 0.853. The molecule has 0 saturated carbocycles. The van der Waals surface area contributed by atoms with Crippen LogP contribution in [0, 0.1) is 12.8 Å². The van der Waals surface area contributed by atoms with E-state index in [0.717, 1.165) is 71.5 Å². The fourth-order valence-electron chi connectivity index (χ4n) is 8.79. The van der Waals surface area contributed by atoms with Crippen molar-refractivity contribution < 1.29 is 29.0 Å². The largest absolute Gasteiger partial charge is 0.492 e. The van der Waals surface area contributed by atoms with Crippen molar-refractivity contribution >= 4 is 46.1 Å². The van der Waals surface area contributed by atoms with Gasteiger partial charge in [0.15, 0.2) is 0 Å². The quantitative estimate of drug-likeness (QED) is 0.0413. The molecule has 0 radical (unpaired) electrons. The molecular formula is C56H69N5O6S. The molecule has 3 atom stereocenters. The second kappa shape index (κ2) is 25.9. The summed E-state index contributed by atoms with van der Waals surface area (Å²) in [4.78, 5) is 61.7. The van der Waals surface area contributed by atoms with Gasteiger partial charge in [0.1, 0.15) is 24.4 Å². The summed E-state index contributed by atoms with van der Waals surface area (Å²) < 4.78 is 6.07. The number of likely N-dealkylation sites (N-methyl/N-ethyl adjacent to an activating group) is 1. The molecule has 0 spiro atoms. The van der Waals surface area contributed by atoms with Crippen molar-refractivity contribution in [2.24, 2.45) is 5.92 Å². The van der Waals surface area contributed by atoms with Crippen LogP contribution in [0.2, 0.25) is 0 Å². The zero-order chi connectivity index (χ0) is 48.4. The number of allylic oxidation sites excluding steroid dienone is 1. The van der Waals surface area contributed by atoms with Crippen LogP contribution in [0.25, 0.3) is 21.6 Å². The van der Waals surface area contributed by atoms with E-state index in [2.05, 4.69) is 83.2 Å². The number of aliphatic hydroxyl groups excluding tert-OH is 1. The van der Waals surface area contributed by atoms with Crippen LogP contribution in [0.3, 0.4) is 0 Å². The number of benzene rings is 4. The van der Waals surface area contributed by atoms with Crippen LogP contribution in [0.1, 0.15) is 113 Å². The zero-order valence-corrected chi connectivity index (χ0v) is 41.2. The Kier molecular flexibility index (Phi) is 19.5.